The summed E-state index contributed by atoms with van der Waals surface area (Å²) in [6.45, 7) is 3.43. The molecule has 1 aromatic rings. The molecule has 5 nitrogen and oxygen atoms in total. The summed E-state index contributed by atoms with van der Waals surface area (Å²) in [7, 11) is -3.31. The molecule has 1 aromatic carbocycles. The predicted molar refractivity (Wildman–Crippen MR) is 68.5 cm³/mol. The van der Waals surface area contributed by atoms with Crippen molar-refractivity contribution in [3.63, 3.8) is 0 Å². The van der Waals surface area contributed by atoms with Gasteiger partial charge in [-0.3, -0.25) is 4.31 Å². The lowest BCUT2D eigenvalue weighted by molar-refractivity contribution is 0.0697. The van der Waals surface area contributed by atoms with E-state index in [9.17, 15) is 13.2 Å². The van der Waals surface area contributed by atoms with E-state index in [0.717, 1.165) is 5.56 Å². The van der Waals surface area contributed by atoms with Crippen LogP contribution in [0.4, 0.5) is 5.69 Å². The molecule has 0 fully saturated rings. The zero-order chi connectivity index (χ0) is 13.5. The maximum Gasteiger partial charge on any atom is 0.335 e. The monoisotopic (exact) mass is 269 g/mol. The van der Waals surface area contributed by atoms with Crippen LogP contribution < -0.4 is 4.31 Å². The lowest BCUT2D eigenvalue weighted by Gasteiger charge is -2.23. The molecule has 2 rings (SSSR count). The number of rotatable bonds is 3. The van der Waals surface area contributed by atoms with Crippen LogP contribution in [0.15, 0.2) is 18.2 Å². The van der Waals surface area contributed by atoms with Crippen molar-refractivity contribution in [2.75, 3.05) is 10.1 Å². The quantitative estimate of drug-likeness (QED) is 0.902. The summed E-state index contributed by atoms with van der Waals surface area (Å²) in [6.07, 6.45) is 0.551. The molecule has 0 aliphatic carbocycles. The first-order chi connectivity index (χ1) is 8.36. The van der Waals surface area contributed by atoms with Gasteiger partial charge in [0.2, 0.25) is 10.0 Å². The Kier molecular flexibility index (Phi) is 3.06. The summed E-state index contributed by atoms with van der Waals surface area (Å²) in [5.74, 6) is -0.959. The van der Waals surface area contributed by atoms with Gasteiger partial charge in [-0.15, -0.1) is 0 Å². The summed E-state index contributed by atoms with van der Waals surface area (Å²) in [5, 5.41) is 8.92. The number of aromatic carboxylic acids is 1. The second-order valence-corrected chi connectivity index (χ2v) is 6.53. The third kappa shape index (κ3) is 1.96. The molecule has 1 aliphatic rings. The van der Waals surface area contributed by atoms with E-state index in [1.807, 2.05) is 6.92 Å². The lowest BCUT2D eigenvalue weighted by Crippen LogP contribution is -2.36. The highest BCUT2D eigenvalue weighted by Crippen LogP contribution is 2.35. The Morgan fingerprint density at radius 2 is 2.17 bits per heavy atom. The van der Waals surface area contributed by atoms with Crippen molar-refractivity contribution in [1.82, 2.24) is 0 Å². The zero-order valence-electron chi connectivity index (χ0n) is 10.3. The van der Waals surface area contributed by atoms with E-state index in [1.54, 1.807) is 19.1 Å². The number of benzene rings is 1. The number of hydrogen-bond donors (Lipinski definition) is 1. The number of fused-ring (bicyclic) bond motifs is 1. The molecule has 0 saturated heterocycles. The highest BCUT2D eigenvalue weighted by molar-refractivity contribution is 7.92. The Bertz CT molecular complexity index is 594. The number of carboxylic acid groups (broad SMARTS) is 1. The van der Waals surface area contributed by atoms with E-state index in [2.05, 4.69) is 0 Å². The van der Waals surface area contributed by atoms with Crippen LogP contribution in [0, 0.1) is 0 Å². The largest absolute Gasteiger partial charge is 0.478 e. The molecule has 0 saturated carbocycles. The fraction of sp³-hybridized carbons (Fsp3) is 0.417. The van der Waals surface area contributed by atoms with Gasteiger partial charge in [0, 0.05) is 6.04 Å². The SMILES string of the molecule is CCS(=O)(=O)N1c2ccc(C(=O)O)cc2C[C@@H]1C. The molecule has 0 bridgehead atoms. The molecule has 98 valence electrons. The summed E-state index contributed by atoms with van der Waals surface area (Å²) in [6, 6.07) is 4.42. The van der Waals surface area contributed by atoms with Gasteiger partial charge in [-0.2, -0.15) is 0 Å². The van der Waals surface area contributed by atoms with Gasteiger partial charge >= 0.3 is 5.97 Å². The molecule has 0 unspecified atom stereocenters. The highest BCUT2D eigenvalue weighted by Gasteiger charge is 2.34. The molecule has 0 radical (unpaired) electrons. The average molecular weight is 269 g/mol. The molecule has 1 N–H and O–H groups in total. The van der Waals surface area contributed by atoms with E-state index in [4.69, 9.17) is 5.11 Å². The van der Waals surface area contributed by atoms with Gasteiger partial charge in [0.1, 0.15) is 0 Å². The predicted octanol–water partition coefficient (Wildman–Crippen LogP) is 1.49. The van der Waals surface area contributed by atoms with Crippen LogP contribution in [-0.2, 0) is 16.4 Å². The minimum Gasteiger partial charge on any atom is -0.478 e. The molecular weight excluding hydrogens is 254 g/mol. The summed E-state index contributed by atoms with van der Waals surface area (Å²) >= 11 is 0. The Morgan fingerprint density at radius 3 is 2.72 bits per heavy atom. The van der Waals surface area contributed by atoms with Crippen molar-refractivity contribution in [3.8, 4) is 0 Å². The highest BCUT2D eigenvalue weighted by atomic mass is 32.2. The topological polar surface area (TPSA) is 74.7 Å². The van der Waals surface area contributed by atoms with Gasteiger partial charge < -0.3 is 5.11 Å². The summed E-state index contributed by atoms with van der Waals surface area (Å²) in [4.78, 5) is 10.9. The van der Waals surface area contributed by atoms with Gasteiger partial charge in [-0.05, 0) is 44.0 Å². The van der Waals surface area contributed by atoms with E-state index >= 15 is 0 Å². The molecule has 1 heterocycles. The smallest absolute Gasteiger partial charge is 0.335 e. The minimum absolute atomic E-state index is 0.0391. The fourth-order valence-electron chi connectivity index (χ4n) is 2.30. The van der Waals surface area contributed by atoms with Gasteiger partial charge in [-0.25, -0.2) is 13.2 Å². The number of hydrogen-bond acceptors (Lipinski definition) is 3. The van der Waals surface area contributed by atoms with E-state index in [0.29, 0.717) is 12.1 Å². The first-order valence-corrected chi connectivity index (χ1v) is 7.36. The van der Waals surface area contributed by atoms with Gasteiger partial charge in [0.25, 0.3) is 0 Å². The van der Waals surface area contributed by atoms with Crippen LogP contribution in [-0.4, -0.2) is 31.3 Å². The Balaban J connectivity index is 2.51. The Hall–Kier alpha value is -1.56. The third-order valence-electron chi connectivity index (χ3n) is 3.14. The van der Waals surface area contributed by atoms with Crippen molar-refractivity contribution in [2.45, 2.75) is 26.3 Å². The summed E-state index contributed by atoms with van der Waals surface area (Å²) in [5.41, 5.74) is 1.57. The first-order valence-electron chi connectivity index (χ1n) is 5.75. The van der Waals surface area contributed by atoms with E-state index in [-0.39, 0.29) is 17.4 Å². The normalized spacial score (nSPS) is 18.8. The Morgan fingerprint density at radius 1 is 1.50 bits per heavy atom. The molecule has 0 spiro atoms. The third-order valence-corrected chi connectivity index (χ3v) is 5.03. The van der Waals surface area contributed by atoms with Crippen molar-refractivity contribution in [1.29, 1.82) is 0 Å². The van der Waals surface area contributed by atoms with Crippen LogP contribution in [0.1, 0.15) is 29.8 Å². The van der Waals surface area contributed by atoms with Crippen LogP contribution in [0.5, 0.6) is 0 Å². The Labute approximate surface area is 106 Å². The zero-order valence-corrected chi connectivity index (χ0v) is 11.1. The van der Waals surface area contributed by atoms with Crippen LogP contribution >= 0.6 is 0 Å². The molecule has 1 atom stereocenters. The van der Waals surface area contributed by atoms with Gasteiger partial charge in [0.15, 0.2) is 0 Å². The van der Waals surface area contributed by atoms with Crippen molar-refractivity contribution in [2.24, 2.45) is 0 Å². The molecule has 0 aromatic heterocycles. The number of carboxylic acids is 1. The molecule has 1 aliphatic heterocycles. The van der Waals surface area contributed by atoms with Crippen molar-refractivity contribution < 1.29 is 18.3 Å². The number of sulfonamides is 1. The molecule has 18 heavy (non-hydrogen) atoms. The van der Waals surface area contributed by atoms with Crippen molar-refractivity contribution >= 4 is 21.7 Å². The fourth-order valence-corrected chi connectivity index (χ4v) is 3.68. The van der Waals surface area contributed by atoms with E-state index in [1.165, 1.54) is 10.4 Å². The molecule has 0 amide bonds. The molecular formula is C12H15NO4S. The van der Waals surface area contributed by atoms with Gasteiger partial charge in [-0.1, -0.05) is 0 Å². The maximum absolute atomic E-state index is 12.0. The maximum atomic E-state index is 12.0. The second kappa shape index (κ2) is 4.28. The lowest BCUT2D eigenvalue weighted by atomic mass is 10.1. The number of anilines is 1. The van der Waals surface area contributed by atoms with Crippen molar-refractivity contribution in [3.05, 3.63) is 29.3 Å². The first kappa shape index (κ1) is 12.9. The summed E-state index contributed by atoms with van der Waals surface area (Å²) < 4.78 is 25.4. The second-order valence-electron chi connectivity index (χ2n) is 4.40. The van der Waals surface area contributed by atoms with Crippen LogP contribution in [0.3, 0.4) is 0 Å². The number of carbonyl (C=O) groups is 1. The minimum atomic E-state index is -3.31. The van der Waals surface area contributed by atoms with Crippen LogP contribution in [0.25, 0.3) is 0 Å². The standard InChI is InChI=1S/C12H15NO4S/c1-3-18(16,17)13-8(2)6-10-7-9(12(14)15)4-5-11(10)13/h4-5,7-8H,3,6H2,1-2H3,(H,14,15)/t8-/m0/s1. The molecule has 6 heteroatoms. The van der Waals surface area contributed by atoms with E-state index < -0.39 is 16.0 Å². The average Bonchev–Trinajstić information content (AvgIpc) is 2.64. The van der Waals surface area contributed by atoms with Crippen LogP contribution in [0.2, 0.25) is 0 Å². The number of nitrogens with zero attached hydrogens (tertiary/aromatic N) is 1. The van der Waals surface area contributed by atoms with Gasteiger partial charge in [0.05, 0.1) is 17.0 Å².